The van der Waals surface area contributed by atoms with Crippen molar-refractivity contribution < 1.29 is 10.2 Å². The number of unbranched alkanes of at least 4 members (excludes halogenated alkanes) is 7. The highest BCUT2D eigenvalue weighted by Gasteiger charge is 2.11. The first-order valence-electron chi connectivity index (χ1n) is 9.44. The SMILES string of the molecule is C=C(CC(C)CCCCCCCCCCC(C)C)C(O)CO. The molecule has 2 N–H and O–H groups in total. The van der Waals surface area contributed by atoms with Gasteiger partial charge in [0, 0.05) is 0 Å². The Kier molecular flexibility index (Phi) is 14.0. The predicted molar refractivity (Wildman–Crippen MR) is 97.0 cm³/mol. The molecule has 0 bridgehead atoms. The molecular weight excluding hydrogens is 272 g/mol. The Hall–Kier alpha value is -0.340. The monoisotopic (exact) mass is 312 g/mol. The molecule has 0 aromatic heterocycles. The summed E-state index contributed by atoms with van der Waals surface area (Å²) in [4.78, 5) is 0. The molecule has 2 nitrogen and oxygen atoms in total. The Balaban J connectivity index is 3.33. The number of aliphatic hydroxyl groups excluding tert-OH is 2. The van der Waals surface area contributed by atoms with Gasteiger partial charge in [0.15, 0.2) is 0 Å². The third-order valence-corrected chi connectivity index (χ3v) is 4.48. The van der Waals surface area contributed by atoms with E-state index in [1.54, 1.807) is 0 Å². The zero-order chi connectivity index (χ0) is 16.8. The van der Waals surface area contributed by atoms with Gasteiger partial charge in [-0.2, -0.15) is 0 Å². The van der Waals surface area contributed by atoms with Gasteiger partial charge in [-0.05, 0) is 23.8 Å². The molecule has 0 fully saturated rings. The third kappa shape index (κ3) is 13.3. The van der Waals surface area contributed by atoms with Crippen LogP contribution in [-0.2, 0) is 0 Å². The Morgan fingerprint density at radius 3 is 1.73 bits per heavy atom. The number of hydrogen-bond acceptors (Lipinski definition) is 2. The van der Waals surface area contributed by atoms with Crippen molar-refractivity contribution >= 4 is 0 Å². The van der Waals surface area contributed by atoms with Crippen LogP contribution in [0.3, 0.4) is 0 Å². The van der Waals surface area contributed by atoms with Gasteiger partial charge in [0.25, 0.3) is 0 Å². The lowest BCUT2D eigenvalue weighted by atomic mass is 9.93. The number of rotatable bonds is 15. The Labute approximate surface area is 139 Å². The van der Waals surface area contributed by atoms with E-state index >= 15 is 0 Å². The largest absolute Gasteiger partial charge is 0.393 e. The van der Waals surface area contributed by atoms with Crippen LogP contribution >= 0.6 is 0 Å². The van der Waals surface area contributed by atoms with Crippen molar-refractivity contribution in [3.63, 3.8) is 0 Å². The molecule has 0 rings (SSSR count). The van der Waals surface area contributed by atoms with E-state index in [-0.39, 0.29) is 6.61 Å². The van der Waals surface area contributed by atoms with Crippen molar-refractivity contribution in [3.05, 3.63) is 12.2 Å². The second-order valence-corrected chi connectivity index (χ2v) is 7.47. The first-order chi connectivity index (χ1) is 10.5. The van der Waals surface area contributed by atoms with Gasteiger partial charge in [-0.15, -0.1) is 0 Å². The summed E-state index contributed by atoms with van der Waals surface area (Å²) >= 11 is 0. The fraction of sp³-hybridized carbons (Fsp3) is 0.900. The molecule has 0 aliphatic heterocycles. The predicted octanol–water partition coefficient (Wildman–Crippen LogP) is 5.48. The van der Waals surface area contributed by atoms with Gasteiger partial charge in [-0.25, -0.2) is 0 Å². The molecule has 2 unspecified atom stereocenters. The van der Waals surface area contributed by atoms with Crippen LogP contribution < -0.4 is 0 Å². The Morgan fingerprint density at radius 1 is 0.818 bits per heavy atom. The molecule has 0 spiro atoms. The van der Waals surface area contributed by atoms with E-state index in [4.69, 9.17) is 5.11 Å². The van der Waals surface area contributed by atoms with Crippen LogP contribution in [0.4, 0.5) is 0 Å². The van der Waals surface area contributed by atoms with Crippen molar-refractivity contribution in [2.75, 3.05) is 6.61 Å². The average molecular weight is 313 g/mol. The normalized spacial score (nSPS) is 14.3. The van der Waals surface area contributed by atoms with Gasteiger partial charge in [0.2, 0.25) is 0 Å². The molecule has 22 heavy (non-hydrogen) atoms. The summed E-state index contributed by atoms with van der Waals surface area (Å²) in [7, 11) is 0. The summed E-state index contributed by atoms with van der Waals surface area (Å²) < 4.78 is 0. The van der Waals surface area contributed by atoms with Gasteiger partial charge in [0.05, 0.1) is 12.7 Å². The summed E-state index contributed by atoms with van der Waals surface area (Å²) in [5.41, 5.74) is 0.774. The molecule has 0 saturated carbocycles. The van der Waals surface area contributed by atoms with Crippen molar-refractivity contribution in [2.24, 2.45) is 11.8 Å². The molecule has 0 aromatic rings. The van der Waals surface area contributed by atoms with E-state index in [1.165, 1.54) is 64.2 Å². The number of aliphatic hydroxyl groups is 2. The number of hydrogen-bond donors (Lipinski definition) is 2. The molecule has 0 aliphatic rings. The van der Waals surface area contributed by atoms with Gasteiger partial charge in [0.1, 0.15) is 0 Å². The molecule has 132 valence electrons. The lowest BCUT2D eigenvalue weighted by Crippen LogP contribution is -2.16. The first-order valence-corrected chi connectivity index (χ1v) is 9.44. The highest BCUT2D eigenvalue weighted by Crippen LogP contribution is 2.20. The van der Waals surface area contributed by atoms with Crippen LogP contribution in [0.15, 0.2) is 12.2 Å². The van der Waals surface area contributed by atoms with Crippen LogP contribution in [0, 0.1) is 11.8 Å². The quantitative estimate of drug-likeness (QED) is 0.310. The molecule has 0 amide bonds. The van der Waals surface area contributed by atoms with Crippen molar-refractivity contribution in [2.45, 2.75) is 97.5 Å². The summed E-state index contributed by atoms with van der Waals surface area (Å²) in [6.07, 6.45) is 13.6. The van der Waals surface area contributed by atoms with E-state index in [0.29, 0.717) is 5.92 Å². The fourth-order valence-corrected chi connectivity index (χ4v) is 2.92. The van der Waals surface area contributed by atoms with Gasteiger partial charge in [-0.3, -0.25) is 0 Å². The van der Waals surface area contributed by atoms with Gasteiger partial charge < -0.3 is 10.2 Å². The van der Waals surface area contributed by atoms with E-state index in [9.17, 15) is 5.11 Å². The molecular formula is C20H40O2. The molecule has 0 saturated heterocycles. The zero-order valence-electron chi connectivity index (χ0n) is 15.3. The smallest absolute Gasteiger partial charge is 0.0978 e. The van der Waals surface area contributed by atoms with E-state index < -0.39 is 6.10 Å². The second-order valence-electron chi connectivity index (χ2n) is 7.47. The maximum absolute atomic E-state index is 9.49. The van der Waals surface area contributed by atoms with E-state index in [1.807, 2.05) is 0 Å². The second kappa shape index (κ2) is 14.3. The fourth-order valence-electron chi connectivity index (χ4n) is 2.92. The maximum Gasteiger partial charge on any atom is 0.0978 e. The van der Waals surface area contributed by atoms with Gasteiger partial charge >= 0.3 is 0 Å². The van der Waals surface area contributed by atoms with Crippen LogP contribution in [0.5, 0.6) is 0 Å². The zero-order valence-corrected chi connectivity index (χ0v) is 15.3. The minimum Gasteiger partial charge on any atom is -0.393 e. The highest BCUT2D eigenvalue weighted by atomic mass is 16.3. The molecule has 0 heterocycles. The van der Waals surface area contributed by atoms with Crippen LogP contribution in [0.2, 0.25) is 0 Å². The van der Waals surface area contributed by atoms with Gasteiger partial charge in [-0.1, -0.05) is 91.6 Å². The van der Waals surface area contributed by atoms with E-state index in [0.717, 1.165) is 17.9 Å². The summed E-state index contributed by atoms with van der Waals surface area (Å²) in [6.45, 7) is 10.5. The standard InChI is InChI=1S/C20H40O2/c1-17(2)13-11-9-7-5-6-8-10-12-14-18(3)15-19(4)20(22)16-21/h17-18,20-22H,4-16H2,1-3H3. The topological polar surface area (TPSA) is 40.5 Å². The lowest BCUT2D eigenvalue weighted by molar-refractivity contribution is 0.118. The van der Waals surface area contributed by atoms with Crippen LogP contribution in [0.1, 0.15) is 91.4 Å². The van der Waals surface area contributed by atoms with Crippen LogP contribution in [0.25, 0.3) is 0 Å². The van der Waals surface area contributed by atoms with Crippen molar-refractivity contribution in [1.29, 1.82) is 0 Å². The van der Waals surface area contributed by atoms with Crippen molar-refractivity contribution in [3.8, 4) is 0 Å². The third-order valence-electron chi connectivity index (χ3n) is 4.48. The minimum absolute atomic E-state index is 0.206. The summed E-state index contributed by atoms with van der Waals surface area (Å²) in [6, 6.07) is 0. The maximum atomic E-state index is 9.49. The first kappa shape index (κ1) is 21.7. The molecule has 2 atom stereocenters. The minimum atomic E-state index is -0.738. The molecule has 0 aromatic carbocycles. The van der Waals surface area contributed by atoms with Crippen molar-refractivity contribution in [1.82, 2.24) is 0 Å². The average Bonchev–Trinajstić information content (AvgIpc) is 2.47. The summed E-state index contributed by atoms with van der Waals surface area (Å²) in [5.74, 6) is 1.42. The van der Waals surface area contributed by atoms with Crippen LogP contribution in [-0.4, -0.2) is 22.9 Å². The molecule has 2 heteroatoms. The van der Waals surface area contributed by atoms with E-state index in [2.05, 4.69) is 27.4 Å². The highest BCUT2D eigenvalue weighted by molar-refractivity contribution is 5.02. The molecule has 0 aliphatic carbocycles. The Morgan fingerprint density at radius 2 is 1.27 bits per heavy atom. The molecule has 0 radical (unpaired) electrons. The Bertz CT molecular complexity index is 260. The summed E-state index contributed by atoms with van der Waals surface area (Å²) in [5, 5.41) is 18.4. The lowest BCUT2D eigenvalue weighted by Gasteiger charge is -2.16.